The Labute approximate surface area is 157 Å². The van der Waals surface area contributed by atoms with Crippen molar-refractivity contribution in [3.05, 3.63) is 58.6 Å². The maximum Gasteiger partial charge on any atom is 0.263 e. The maximum absolute atomic E-state index is 12.6. The summed E-state index contributed by atoms with van der Waals surface area (Å²) in [6.07, 6.45) is -0.534. The third-order valence-electron chi connectivity index (χ3n) is 4.26. The van der Waals surface area contributed by atoms with Crippen LogP contribution in [0.1, 0.15) is 6.92 Å². The van der Waals surface area contributed by atoms with Gasteiger partial charge in [0.25, 0.3) is 5.91 Å². The van der Waals surface area contributed by atoms with Gasteiger partial charge in [-0.2, -0.15) is 0 Å². The predicted octanol–water partition coefficient (Wildman–Crippen LogP) is 4.11. The van der Waals surface area contributed by atoms with Crippen LogP contribution in [-0.4, -0.2) is 43.1 Å². The summed E-state index contributed by atoms with van der Waals surface area (Å²) < 4.78 is 5.73. The summed E-state index contributed by atoms with van der Waals surface area (Å²) in [6, 6.07) is 14.8. The number of carbonyl (C=O) groups is 1. The molecule has 1 atom stereocenters. The molecule has 1 aliphatic heterocycles. The average Bonchev–Trinajstić information content (AvgIpc) is 2.63. The van der Waals surface area contributed by atoms with E-state index in [0.29, 0.717) is 23.9 Å². The fraction of sp³-hybridized carbons (Fsp3) is 0.316. The number of amides is 1. The highest BCUT2D eigenvalue weighted by molar-refractivity contribution is 6.33. The first kappa shape index (κ1) is 17.9. The standard InChI is InChI=1S/C19H20Cl2N2O2/c1-14(25-16-8-6-15(20)7-9-16)19(24)23-12-10-22(11-13-23)18-5-3-2-4-17(18)21/h2-9,14H,10-13H2,1H3/t14-/m1/s1. The van der Waals surface area contributed by atoms with Crippen LogP contribution in [0.3, 0.4) is 0 Å². The SMILES string of the molecule is C[C@@H](Oc1ccc(Cl)cc1)C(=O)N1CCN(c2ccccc2Cl)CC1. The summed E-state index contributed by atoms with van der Waals surface area (Å²) >= 11 is 12.1. The maximum atomic E-state index is 12.6. The Morgan fingerprint density at radius 2 is 1.64 bits per heavy atom. The van der Waals surface area contributed by atoms with E-state index >= 15 is 0 Å². The number of para-hydroxylation sites is 1. The molecule has 132 valence electrons. The van der Waals surface area contributed by atoms with Crippen molar-refractivity contribution >= 4 is 34.8 Å². The Kier molecular flexibility index (Phi) is 5.71. The zero-order chi connectivity index (χ0) is 17.8. The quantitative estimate of drug-likeness (QED) is 0.802. The van der Waals surface area contributed by atoms with Gasteiger partial charge in [-0.3, -0.25) is 4.79 Å². The molecule has 0 aromatic heterocycles. The van der Waals surface area contributed by atoms with Gasteiger partial charge in [0.05, 0.1) is 10.7 Å². The predicted molar refractivity (Wildman–Crippen MR) is 102 cm³/mol. The molecule has 1 aliphatic rings. The molecule has 1 saturated heterocycles. The summed E-state index contributed by atoms with van der Waals surface area (Å²) in [4.78, 5) is 16.7. The number of carbonyl (C=O) groups excluding carboxylic acids is 1. The average molecular weight is 379 g/mol. The van der Waals surface area contributed by atoms with Crippen molar-refractivity contribution in [2.75, 3.05) is 31.1 Å². The molecule has 4 nitrogen and oxygen atoms in total. The Bertz CT molecular complexity index is 728. The summed E-state index contributed by atoms with van der Waals surface area (Å²) in [5.41, 5.74) is 1.02. The zero-order valence-corrected chi connectivity index (χ0v) is 15.5. The van der Waals surface area contributed by atoms with E-state index in [1.807, 2.05) is 29.2 Å². The third kappa shape index (κ3) is 4.39. The van der Waals surface area contributed by atoms with Crippen molar-refractivity contribution in [1.29, 1.82) is 0 Å². The first-order valence-electron chi connectivity index (χ1n) is 8.25. The minimum Gasteiger partial charge on any atom is -0.481 e. The molecule has 25 heavy (non-hydrogen) atoms. The van der Waals surface area contributed by atoms with Gasteiger partial charge in [0.1, 0.15) is 5.75 Å². The molecular formula is C19H20Cl2N2O2. The molecule has 1 amide bonds. The van der Waals surface area contributed by atoms with E-state index in [2.05, 4.69) is 4.90 Å². The van der Waals surface area contributed by atoms with E-state index < -0.39 is 6.10 Å². The van der Waals surface area contributed by atoms with Crippen LogP contribution in [0.4, 0.5) is 5.69 Å². The molecule has 3 rings (SSSR count). The van der Waals surface area contributed by atoms with Crippen LogP contribution in [0.5, 0.6) is 5.75 Å². The van der Waals surface area contributed by atoms with E-state index in [-0.39, 0.29) is 5.91 Å². The highest BCUT2D eigenvalue weighted by Crippen LogP contribution is 2.26. The molecule has 1 fully saturated rings. The van der Waals surface area contributed by atoms with Crippen molar-refractivity contribution in [2.24, 2.45) is 0 Å². The highest BCUT2D eigenvalue weighted by Gasteiger charge is 2.26. The first-order chi connectivity index (χ1) is 12.0. The van der Waals surface area contributed by atoms with Gasteiger partial charge in [-0.25, -0.2) is 0 Å². The van der Waals surface area contributed by atoms with Gasteiger partial charge >= 0.3 is 0 Å². The van der Waals surface area contributed by atoms with E-state index in [4.69, 9.17) is 27.9 Å². The number of hydrogen-bond acceptors (Lipinski definition) is 3. The van der Waals surface area contributed by atoms with Crippen LogP contribution in [0.2, 0.25) is 10.0 Å². The zero-order valence-electron chi connectivity index (χ0n) is 14.0. The van der Waals surface area contributed by atoms with E-state index in [1.165, 1.54) is 0 Å². The van der Waals surface area contributed by atoms with E-state index in [1.54, 1.807) is 31.2 Å². The molecule has 0 aliphatic carbocycles. The second-order valence-electron chi connectivity index (χ2n) is 5.98. The van der Waals surface area contributed by atoms with Crippen LogP contribution in [0.25, 0.3) is 0 Å². The number of ether oxygens (including phenoxy) is 1. The summed E-state index contributed by atoms with van der Waals surface area (Å²) in [6.45, 7) is 4.58. The van der Waals surface area contributed by atoms with Gasteiger partial charge in [0, 0.05) is 31.2 Å². The Balaban J connectivity index is 1.56. The van der Waals surface area contributed by atoms with Crippen LogP contribution < -0.4 is 9.64 Å². The van der Waals surface area contributed by atoms with E-state index in [9.17, 15) is 4.79 Å². The number of hydrogen-bond donors (Lipinski definition) is 0. The minimum atomic E-state index is -0.534. The van der Waals surface area contributed by atoms with Gasteiger partial charge < -0.3 is 14.5 Å². The van der Waals surface area contributed by atoms with Gasteiger partial charge in [0.15, 0.2) is 6.10 Å². The molecule has 6 heteroatoms. The monoisotopic (exact) mass is 378 g/mol. The molecule has 0 spiro atoms. The molecule has 0 unspecified atom stereocenters. The number of anilines is 1. The van der Waals surface area contributed by atoms with Crippen molar-refractivity contribution in [3.63, 3.8) is 0 Å². The summed E-state index contributed by atoms with van der Waals surface area (Å²) in [5, 5.41) is 1.38. The van der Waals surface area contributed by atoms with Gasteiger partial charge in [-0.05, 0) is 43.3 Å². The lowest BCUT2D eigenvalue weighted by Crippen LogP contribution is -2.52. The topological polar surface area (TPSA) is 32.8 Å². The minimum absolute atomic E-state index is 0.00578. The molecule has 0 saturated carbocycles. The normalized spacial score (nSPS) is 15.8. The Hall–Kier alpha value is -1.91. The molecule has 0 radical (unpaired) electrons. The lowest BCUT2D eigenvalue weighted by Gasteiger charge is -2.37. The van der Waals surface area contributed by atoms with Crippen molar-refractivity contribution < 1.29 is 9.53 Å². The lowest BCUT2D eigenvalue weighted by molar-refractivity contribution is -0.138. The number of benzene rings is 2. The Morgan fingerprint density at radius 1 is 1.00 bits per heavy atom. The summed E-state index contributed by atoms with van der Waals surface area (Å²) in [7, 11) is 0. The number of piperazine rings is 1. The Morgan fingerprint density at radius 3 is 2.28 bits per heavy atom. The highest BCUT2D eigenvalue weighted by atomic mass is 35.5. The van der Waals surface area contributed by atoms with E-state index in [0.717, 1.165) is 23.8 Å². The van der Waals surface area contributed by atoms with Crippen molar-refractivity contribution in [3.8, 4) is 5.75 Å². The number of nitrogens with zero attached hydrogens (tertiary/aromatic N) is 2. The molecular weight excluding hydrogens is 359 g/mol. The van der Waals surface area contributed by atoms with Crippen molar-refractivity contribution in [1.82, 2.24) is 4.90 Å². The second kappa shape index (κ2) is 7.98. The van der Waals surface area contributed by atoms with Crippen molar-refractivity contribution in [2.45, 2.75) is 13.0 Å². The van der Waals surface area contributed by atoms with Crippen LogP contribution in [0, 0.1) is 0 Å². The van der Waals surface area contributed by atoms with Crippen LogP contribution >= 0.6 is 23.2 Å². The third-order valence-corrected chi connectivity index (χ3v) is 4.83. The lowest BCUT2D eigenvalue weighted by atomic mass is 10.2. The molecule has 0 bridgehead atoms. The fourth-order valence-electron chi connectivity index (χ4n) is 2.90. The largest absolute Gasteiger partial charge is 0.481 e. The van der Waals surface area contributed by atoms with Gasteiger partial charge in [-0.1, -0.05) is 35.3 Å². The smallest absolute Gasteiger partial charge is 0.263 e. The molecule has 0 N–H and O–H groups in total. The number of rotatable bonds is 4. The number of halogens is 2. The first-order valence-corrected chi connectivity index (χ1v) is 9.00. The molecule has 2 aromatic carbocycles. The summed E-state index contributed by atoms with van der Waals surface area (Å²) in [5.74, 6) is 0.633. The second-order valence-corrected chi connectivity index (χ2v) is 6.82. The van der Waals surface area contributed by atoms with Crippen LogP contribution in [0.15, 0.2) is 48.5 Å². The van der Waals surface area contributed by atoms with Gasteiger partial charge in [0.2, 0.25) is 0 Å². The van der Waals surface area contributed by atoms with Crippen LogP contribution in [-0.2, 0) is 4.79 Å². The molecule has 2 aromatic rings. The van der Waals surface area contributed by atoms with Gasteiger partial charge in [-0.15, -0.1) is 0 Å². The molecule has 1 heterocycles. The fourth-order valence-corrected chi connectivity index (χ4v) is 3.28.